The van der Waals surface area contributed by atoms with E-state index in [1.165, 1.54) is 38.5 Å². The first-order chi connectivity index (χ1) is 8.93. The number of H-pyrrole nitrogens is 1. The molecule has 1 fully saturated rings. The Balaban J connectivity index is 0.000000200. The molecular formula is C13H22N2O3S. The van der Waals surface area contributed by atoms with Crippen molar-refractivity contribution in [3.63, 3.8) is 0 Å². The molecule has 0 atom stereocenters. The summed E-state index contributed by atoms with van der Waals surface area (Å²) in [5.41, 5.74) is -0.419. The van der Waals surface area contributed by atoms with Gasteiger partial charge in [-0.05, 0) is 5.92 Å². The summed E-state index contributed by atoms with van der Waals surface area (Å²) in [6, 6.07) is 0. The lowest BCUT2D eigenvalue weighted by molar-refractivity contribution is 0.349. The Hall–Kier alpha value is -1.17. The van der Waals surface area contributed by atoms with Gasteiger partial charge in [-0.25, -0.2) is 13.4 Å². The fraction of sp³-hybridized carbons (Fsp3) is 0.692. The molecule has 0 aliphatic heterocycles. The van der Waals surface area contributed by atoms with Crippen LogP contribution in [0.5, 0.6) is 0 Å². The van der Waals surface area contributed by atoms with Crippen LogP contribution in [0.1, 0.15) is 45.4 Å². The van der Waals surface area contributed by atoms with Crippen molar-refractivity contribution in [3.8, 4) is 0 Å². The maximum Gasteiger partial charge on any atom is 0.266 e. The van der Waals surface area contributed by atoms with E-state index in [1.54, 1.807) is 0 Å². The van der Waals surface area contributed by atoms with Crippen LogP contribution in [-0.4, -0.2) is 24.6 Å². The van der Waals surface area contributed by atoms with Gasteiger partial charge in [-0.2, -0.15) is 0 Å². The van der Waals surface area contributed by atoms with E-state index in [2.05, 4.69) is 16.9 Å². The van der Waals surface area contributed by atoms with Crippen molar-refractivity contribution in [3.05, 3.63) is 22.7 Å². The minimum absolute atomic E-state index is 0.128. The number of hydrogen-bond acceptors (Lipinski definition) is 4. The molecule has 1 saturated carbocycles. The van der Waals surface area contributed by atoms with Gasteiger partial charge < -0.3 is 4.98 Å². The summed E-state index contributed by atoms with van der Waals surface area (Å²) in [4.78, 5) is 16.1. The molecule has 19 heavy (non-hydrogen) atoms. The summed E-state index contributed by atoms with van der Waals surface area (Å²) in [6.45, 7) is 2.32. The van der Waals surface area contributed by atoms with Crippen molar-refractivity contribution >= 4 is 9.84 Å². The van der Waals surface area contributed by atoms with Crippen LogP contribution in [0.3, 0.4) is 0 Å². The van der Waals surface area contributed by atoms with Gasteiger partial charge in [-0.3, -0.25) is 4.79 Å². The summed E-state index contributed by atoms with van der Waals surface area (Å²) < 4.78 is 21.5. The molecular weight excluding hydrogens is 264 g/mol. The van der Waals surface area contributed by atoms with Crippen LogP contribution < -0.4 is 5.56 Å². The van der Waals surface area contributed by atoms with E-state index in [9.17, 15) is 13.2 Å². The third-order valence-corrected chi connectivity index (χ3v) is 4.31. The van der Waals surface area contributed by atoms with Gasteiger partial charge in [0.1, 0.15) is 0 Å². The smallest absolute Gasteiger partial charge is 0.266 e. The highest BCUT2D eigenvalue weighted by Gasteiger charge is 2.09. The quantitative estimate of drug-likeness (QED) is 0.903. The monoisotopic (exact) mass is 286 g/mol. The van der Waals surface area contributed by atoms with Crippen LogP contribution in [0.15, 0.2) is 22.2 Å². The maximum atomic E-state index is 10.8. The Kier molecular flexibility index (Phi) is 6.21. The van der Waals surface area contributed by atoms with E-state index in [-0.39, 0.29) is 5.03 Å². The first-order valence-corrected chi connectivity index (χ1v) is 8.57. The predicted molar refractivity (Wildman–Crippen MR) is 74.8 cm³/mol. The third-order valence-electron chi connectivity index (χ3n) is 3.33. The zero-order valence-electron chi connectivity index (χ0n) is 11.6. The van der Waals surface area contributed by atoms with E-state index < -0.39 is 15.4 Å². The summed E-state index contributed by atoms with van der Waals surface area (Å²) in [5.74, 6) is 1.09. The van der Waals surface area contributed by atoms with Crippen molar-refractivity contribution in [1.82, 2.24) is 9.97 Å². The highest BCUT2D eigenvalue weighted by molar-refractivity contribution is 7.90. The first kappa shape index (κ1) is 15.9. The molecule has 1 heterocycles. The Morgan fingerprint density at radius 1 is 1.32 bits per heavy atom. The van der Waals surface area contributed by atoms with Crippen molar-refractivity contribution in [2.45, 2.75) is 50.5 Å². The molecule has 1 aliphatic rings. The number of sulfone groups is 1. The van der Waals surface area contributed by atoms with Gasteiger partial charge in [0.05, 0.1) is 6.20 Å². The van der Waals surface area contributed by atoms with Gasteiger partial charge in [0.2, 0.25) is 0 Å². The molecule has 0 radical (unpaired) electrons. The molecule has 0 saturated heterocycles. The SMILES string of the molecule is CCC1CCCCC1.CS(=O)(=O)c1c[nH]c(=O)cn1. The van der Waals surface area contributed by atoms with Crippen LogP contribution in [0, 0.1) is 5.92 Å². The molecule has 0 aromatic carbocycles. The van der Waals surface area contributed by atoms with Gasteiger partial charge in [0, 0.05) is 12.5 Å². The maximum absolute atomic E-state index is 10.8. The molecule has 5 nitrogen and oxygen atoms in total. The fourth-order valence-electron chi connectivity index (χ4n) is 2.13. The number of hydrogen-bond donors (Lipinski definition) is 1. The van der Waals surface area contributed by atoms with Gasteiger partial charge >= 0.3 is 0 Å². The highest BCUT2D eigenvalue weighted by atomic mass is 32.2. The van der Waals surface area contributed by atoms with Crippen LogP contribution in [0.4, 0.5) is 0 Å². The van der Waals surface area contributed by atoms with Crippen molar-refractivity contribution in [1.29, 1.82) is 0 Å². The topological polar surface area (TPSA) is 79.9 Å². The molecule has 1 N–H and O–H groups in total. The second kappa shape index (κ2) is 7.43. The number of aromatic amines is 1. The number of rotatable bonds is 2. The molecule has 0 spiro atoms. The number of nitrogens with one attached hydrogen (secondary N) is 1. The summed E-state index contributed by atoms with van der Waals surface area (Å²) in [6.07, 6.45) is 11.9. The van der Waals surface area contributed by atoms with Crippen LogP contribution in [0.25, 0.3) is 0 Å². The zero-order valence-corrected chi connectivity index (χ0v) is 12.4. The first-order valence-electron chi connectivity index (χ1n) is 6.68. The Morgan fingerprint density at radius 3 is 2.32 bits per heavy atom. The van der Waals surface area contributed by atoms with Gasteiger partial charge in [0.25, 0.3) is 5.56 Å². The van der Waals surface area contributed by atoms with Gasteiger partial charge in [-0.1, -0.05) is 45.4 Å². The summed E-state index contributed by atoms with van der Waals surface area (Å²) in [7, 11) is -3.30. The molecule has 108 valence electrons. The second-order valence-electron chi connectivity index (χ2n) is 4.93. The average Bonchev–Trinajstić information content (AvgIpc) is 2.40. The predicted octanol–water partition coefficient (Wildman–Crippen LogP) is 2.15. The van der Waals surface area contributed by atoms with Crippen molar-refractivity contribution in [2.24, 2.45) is 5.92 Å². The van der Waals surface area contributed by atoms with Crippen LogP contribution >= 0.6 is 0 Å². The minimum Gasteiger partial charge on any atom is -0.325 e. The van der Waals surface area contributed by atoms with E-state index in [0.29, 0.717) is 0 Å². The molecule has 1 aromatic heterocycles. The lowest BCUT2D eigenvalue weighted by atomic mass is 9.88. The fourth-order valence-corrected chi connectivity index (χ4v) is 2.64. The average molecular weight is 286 g/mol. The van der Waals surface area contributed by atoms with E-state index in [4.69, 9.17) is 0 Å². The van der Waals surface area contributed by atoms with E-state index >= 15 is 0 Å². The molecule has 0 amide bonds. The highest BCUT2D eigenvalue weighted by Crippen LogP contribution is 2.25. The Morgan fingerprint density at radius 2 is 1.95 bits per heavy atom. The Bertz CT molecular complexity index is 511. The second-order valence-corrected chi connectivity index (χ2v) is 6.90. The zero-order chi connectivity index (χ0) is 14.3. The van der Waals surface area contributed by atoms with Crippen LogP contribution in [0.2, 0.25) is 0 Å². The lowest BCUT2D eigenvalue weighted by Gasteiger charge is -2.18. The molecule has 6 heteroatoms. The van der Waals surface area contributed by atoms with Gasteiger partial charge in [-0.15, -0.1) is 0 Å². The standard InChI is InChI=1S/C8H16.C5H6N2O3S/c1-2-8-6-4-3-5-7-8;1-11(9,10)5-3-6-4(8)2-7-5/h8H,2-7H2,1H3;2-3H,1H3,(H,6,8). The van der Waals surface area contributed by atoms with E-state index in [1.807, 2.05) is 0 Å². The Labute approximate surface area is 114 Å². The minimum atomic E-state index is -3.30. The third kappa shape index (κ3) is 6.00. The summed E-state index contributed by atoms with van der Waals surface area (Å²) in [5, 5.41) is -0.128. The molecule has 0 unspecified atom stereocenters. The molecule has 1 aliphatic carbocycles. The van der Waals surface area contributed by atoms with Gasteiger partial charge in [0.15, 0.2) is 14.9 Å². The lowest BCUT2D eigenvalue weighted by Crippen LogP contribution is -2.09. The van der Waals surface area contributed by atoms with Crippen LogP contribution in [-0.2, 0) is 9.84 Å². The number of nitrogens with zero attached hydrogens (tertiary/aromatic N) is 1. The largest absolute Gasteiger partial charge is 0.325 e. The van der Waals surface area contributed by atoms with Crippen molar-refractivity contribution in [2.75, 3.05) is 6.26 Å². The normalized spacial score (nSPS) is 16.5. The summed E-state index contributed by atoms with van der Waals surface area (Å²) >= 11 is 0. The van der Waals surface area contributed by atoms with Crippen molar-refractivity contribution < 1.29 is 8.42 Å². The molecule has 2 rings (SSSR count). The number of aromatic nitrogens is 2. The molecule has 1 aromatic rings. The van der Waals surface area contributed by atoms with E-state index in [0.717, 1.165) is 24.6 Å². The molecule has 0 bridgehead atoms.